The van der Waals surface area contributed by atoms with Gasteiger partial charge in [-0.05, 0) is 6.92 Å². The largest absolute Gasteiger partial charge is 0.609 e. The lowest BCUT2D eigenvalue weighted by Crippen LogP contribution is -2.34. The molecule has 0 aliphatic rings. The van der Waals surface area contributed by atoms with Gasteiger partial charge in [-0.25, -0.2) is 13.2 Å². The Kier molecular flexibility index (Phi) is 5.58. The van der Waals surface area contributed by atoms with E-state index in [9.17, 15) is 30.9 Å². The van der Waals surface area contributed by atoms with Crippen LogP contribution in [0.5, 0.6) is 0 Å². The van der Waals surface area contributed by atoms with Gasteiger partial charge in [0.05, 0.1) is 11.1 Å². The first kappa shape index (κ1) is 21.5. The van der Waals surface area contributed by atoms with Crippen molar-refractivity contribution in [1.82, 2.24) is 19.6 Å². The summed E-state index contributed by atoms with van der Waals surface area (Å²) in [6.07, 6.45) is -3.54. The quantitative estimate of drug-likeness (QED) is 0.364. The van der Waals surface area contributed by atoms with Gasteiger partial charge >= 0.3 is 11.3 Å². The second-order valence-electron chi connectivity index (χ2n) is 5.84. The summed E-state index contributed by atoms with van der Waals surface area (Å²) >= 11 is 4.25. The van der Waals surface area contributed by atoms with E-state index >= 15 is 0 Å². The molecule has 0 spiro atoms. The number of anilines is 1. The van der Waals surface area contributed by atoms with Crippen molar-refractivity contribution in [2.75, 3.05) is 11.6 Å². The predicted molar refractivity (Wildman–Crippen MR) is 92.6 cm³/mol. The fraction of sp³-hybridized carbons (Fsp3) is 0.267. The fourth-order valence-electron chi connectivity index (χ4n) is 2.40. The number of halogens is 7. The van der Waals surface area contributed by atoms with Crippen molar-refractivity contribution in [2.24, 2.45) is 0 Å². The van der Waals surface area contributed by atoms with Crippen molar-refractivity contribution in [3.63, 3.8) is 0 Å². The maximum Gasteiger partial charge on any atom is 0.408 e. The zero-order valence-corrected chi connectivity index (χ0v) is 16.1. The molecule has 2 aromatic heterocycles. The number of hydrogen-bond acceptors (Lipinski definition) is 5. The van der Waals surface area contributed by atoms with E-state index in [0.717, 1.165) is 6.92 Å². The van der Waals surface area contributed by atoms with Crippen molar-refractivity contribution < 1.29 is 30.9 Å². The number of nitrogens with zero attached hydrogens (tertiary/aromatic N) is 4. The van der Waals surface area contributed by atoms with Gasteiger partial charge in [0.15, 0.2) is 0 Å². The summed E-state index contributed by atoms with van der Waals surface area (Å²) in [5.41, 5.74) is -1.55. The number of nitrogens with one attached hydrogen (secondary N) is 1. The molecule has 0 saturated carbocycles. The Morgan fingerprint density at radius 1 is 1.14 bits per heavy atom. The number of alkyl halides is 3. The third-order valence-electron chi connectivity index (χ3n) is 3.78. The second kappa shape index (κ2) is 7.54. The Morgan fingerprint density at radius 2 is 1.72 bits per heavy atom. The molecule has 3 rings (SSSR count). The molecule has 1 unspecified atom stereocenters. The minimum Gasteiger partial charge on any atom is -0.609 e. The van der Waals surface area contributed by atoms with E-state index in [4.69, 9.17) is 11.6 Å². The lowest BCUT2D eigenvalue weighted by Gasteiger charge is -2.21. The summed E-state index contributed by atoms with van der Waals surface area (Å²) in [6, 6.07) is -1.54. The van der Waals surface area contributed by atoms with E-state index in [1.165, 1.54) is 6.26 Å². The summed E-state index contributed by atoms with van der Waals surface area (Å²) in [6.45, 7) is 0.747. The third kappa shape index (κ3) is 4.07. The molecule has 0 radical (unpaired) electrons. The molecule has 0 aliphatic heterocycles. The molecule has 156 valence electrons. The Balaban J connectivity index is 2.37. The molecule has 1 aromatic carbocycles. The van der Waals surface area contributed by atoms with Gasteiger partial charge in [-0.15, -0.1) is 4.98 Å². The zero-order valence-electron chi connectivity index (χ0n) is 14.5. The van der Waals surface area contributed by atoms with Crippen LogP contribution in [0.25, 0.3) is 16.9 Å². The SMILES string of the molecule is C[C@H](Nc1c(-c2c(F)cc(F)cc2F)c(Cl)nc2nc([S+](C)[O-])nn12)C(F)(F)F. The molecule has 29 heavy (non-hydrogen) atoms. The standard InChI is InChI=1S/C15H10ClF6N5OS/c1-5(15(20,21)22)23-12-10(9-7(18)3-6(17)4-8(9)19)11(16)24-13-25-14(29(2)28)26-27(12)13/h3-5,23H,1-2H3/t5-,29?/m0/s1. The highest BCUT2D eigenvalue weighted by atomic mass is 35.5. The Bertz CT molecular complexity index is 1070. The van der Waals surface area contributed by atoms with Gasteiger partial charge in [0.1, 0.15) is 40.7 Å². The molecule has 2 heterocycles. The van der Waals surface area contributed by atoms with Crippen molar-refractivity contribution in [2.45, 2.75) is 24.3 Å². The lowest BCUT2D eigenvalue weighted by atomic mass is 10.1. The van der Waals surface area contributed by atoms with Crippen molar-refractivity contribution in [3.05, 3.63) is 34.7 Å². The highest BCUT2D eigenvalue weighted by molar-refractivity contribution is 7.90. The van der Waals surface area contributed by atoms with Crippen molar-refractivity contribution >= 4 is 34.4 Å². The smallest absolute Gasteiger partial charge is 0.408 e. The summed E-state index contributed by atoms with van der Waals surface area (Å²) in [7, 11) is 0. The van der Waals surface area contributed by atoms with Crippen LogP contribution in [0.3, 0.4) is 0 Å². The zero-order chi connectivity index (χ0) is 21.7. The van der Waals surface area contributed by atoms with Gasteiger partial charge in [-0.3, -0.25) is 0 Å². The summed E-state index contributed by atoms with van der Waals surface area (Å²) in [5.74, 6) is -5.06. The molecule has 0 saturated heterocycles. The van der Waals surface area contributed by atoms with Crippen LogP contribution in [0.15, 0.2) is 17.3 Å². The monoisotopic (exact) mass is 457 g/mol. The lowest BCUT2D eigenvalue weighted by molar-refractivity contribution is -0.138. The highest BCUT2D eigenvalue weighted by Gasteiger charge is 2.38. The average molecular weight is 458 g/mol. The summed E-state index contributed by atoms with van der Waals surface area (Å²) in [5, 5.41) is 4.90. The maximum atomic E-state index is 14.4. The summed E-state index contributed by atoms with van der Waals surface area (Å²) < 4.78 is 93.7. The first-order valence-corrected chi connectivity index (χ1v) is 9.61. The van der Waals surface area contributed by atoms with Gasteiger partial charge < -0.3 is 9.87 Å². The van der Waals surface area contributed by atoms with Crippen LogP contribution >= 0.6 is 11.6 Å². The van der Waals surface area contributed by atoms with Gasteiger partial charge in [-0.2, -0.15) is 22.7 Å². The predicted octanol–water partition coefficient (Wildman–Crippen LogP) is 3.96. The topological polar surface area (TPSA) is 78.2 Å². The van der Waals surface area contributed by atoms with Crippen LogP contribution in [0.1, 0.15) is 6.92 Å². The maximum absolute atomic E-state index is 14.4. The van der Waals surface area contributed by atoms with E-state index in [2.05, 4.69) is 15.1 Å². The number of hydrogen-bond donors (Lipinski definition) is 1. The van der Waals surface area contributed by atoms with Crippen LogP contribution in [0.2, 0.25) is 5.15 Å². The van der Waals surface area contributed by atoms with E-state index in [1.54, 1.807) is 0 Å². The van der Waals surface area contributed by atoms with Crippen molar-refractivity contribution in [1.29, 1.82) is 0 Å². The molecule has 14 heteroatoms. The van der Waals surface area contributed by atoms with Gasteiger partial charge in [0, 0.05) is 23.3 Å². The molecule has 0 aliphatic carbocycles. The Labute approximate surface area is 167 Å². The second-order valence-corrected chi connectivity index (χ2v) is 7.47. The van der Waals surface area contributed by atoms with Crippen molar-refractivity contribution in [3.8, 4) is 11.1 Å². The van der Waals surface area contributed by atoms with Crippen LogP contribution in [0, 0.1) is 17.5 Å². The molecular weight excluding hydrogens is 448 g/mol. The normalized spacial score (nSPS) is 14.3. The van der Waals surface area contributed by atoms with Crippen LogP contribution in [-0.4, -0.2) is 42.6 Å². The minimum absolute atomic E-state index is 0.298. The highest BCUT2D eigenvalue weighted by Crippen LogP contribution is 2.39. The molecule has 0 fully saturated rings. The molecule has 6 nitrogen and oxygen atoms in total. The number of benzene rings is 1. The molecule has 0 bridgehead atoms. The fourth-order valence-corrected chi connectivity index (χ4v) is 3.07. The third-order valence-corrected chi connectivity index (χ3v) is 4.74. The van der Waals surface area contributed by atoms with Gasteiger partial charge in [-0.1, -0.05) is 16.7 Å². The van der Waals surface area contributed by atoms with E-state index in [1.807, 2.05) is 5.32 Å². The number of fused-ring (bicyclic) bond motifs is 1. The van der Waals surface area contributed by atoms with Crippen LogP contribution in [-0.2, 0) is 11.2 Å². The molecular formula is C15H10ClF6N5OS. The van der Waals surface area contributed by atoms with Gasteiger partial charge in [0.25, 0.3) is 5.78 Å². The first-order chi connectivity index (χ1) is 13.4. The average Bonchev–Trinajstić information content (AvgIpc) is 2.99. The summed E-state index contributed by atoms with van der Waals surface area (Å²) in [4.78, 5) is 7.55. The first-order valence-electron chi connectivity index (χ1n) is 7.68. The van der Waals surface area contributed by atoms with Crippen LogP contribution in [0.4, 0.5) is 32.2 Å². The molecule has 1 N–H and O–H groups in total. The molecule has 0 amide bonds. The molecule has 3 aromatic rings. The molecule has 2 atom stereocenters. The minimum atomic E-state index is -4.75. The Morgan fingerprint density at radius 3 is 2.24 bits per heavy atom. The van der Waals surface area contributed by atoms with Crippen LogP contribution < -0.4 is 5.32 Å². The Hall–Kier alpha value is -2.25. The number of aromatic nitrogens is 4. The van der Waals surface area contributed by atoms with E-state index in [-0.39, 0.29) is 10.9 Å². The van der Waals surface area contributed by atoms with Gasteiger partial charge in [0.2, 0.25) is 0 Å². The number of rotatable bonds is 4. The van der Waals surface area contributed by atoms with E-state index < -0.39 is 62.9 Å². The van der Waals surface area contributed by atoms with E-state index in [0.29, 0.717) is 16.6 Å².